The van der Waals surface area contributed by atoms with E-state index in [0.717, 1.165) is 15.6 Å². The summed E-state index contributed by atoms with van der Waals surface area (Å²) in [6, 6.07) is 13.3. The first-order chi connectivity index (χ1) is 12.8. The highest BCUT2D eigenvalue weighted by molar-refractivity contribution is 7.94. The summed E-state index contributed by atoms with van der Waals surface area (Å²) in [5, 5.41) is 2.80. The standard InChI is InChI=1S/C19H20N2O5S/c1-13-12-27(24,25)21(19(13)23)16-7-5-15(6-8-16)18(22)20-11-14-3-9-17(26-2)10-4-14/h3-10,13H,11-12H2,1-2H3,(H,20,22)/t13-/m1/s1. The quantitative estimate of drug-likeness (QED) is 0.845. The van der Waals surface area contributed by atoms with Crippen LogP contribution in [-0.2, 0) is 21.4 Å². The lowest BCUT2D eigenvalue weighted by atomic mass is 10.1. The van der Waals surface area contributed by atoms with Gasteiger partial charge in [-0.3, -0.25) is 9.59 Å². The predicted octanol–water partition coefficient (Wildman–Crippen LogP) is 1.94. The van der Waals surface area contributed by atoms with Crippen molar-refractivity contribution in [3.63, 3.8) is 0 Å². The SMILES string of the molecule is COc1ccc(CNC(=O)c2ccc(N3C(=O)[C@H](C)CS3(=O)=O)cc2)cc1. The smallest absolute Gasteiger partial charge is 0.251 e. The monoisotopic (exact) mass is 388 g/mol. The van der Waals surface area contributed by atoms with E-state index in [1.54, 1.807) is 14.0 Å². The number of carbonyl (C=O) groups excluding carboxylic acids is 2. The third-order valence-corrected chi connectivity index (χ3v) is 6.20. The minimum atomic E-state index is -3.65. The number of nitrogens with zero attached hydrogens (tertiary/aromatic N) is 1. The second-order valence-electron chi connectivity index (χ2n) is 6.36. The van der Waals surface area contributed by atoms with Gasteiger partial charge in [-0.25, -0.2) is 12.7 Å². The minimum absolute atomic E-state index is 0.198. The van der Waals surface area contributed by atoms with E-state index >= 15 is 0 Å². The molecule has 2 aromatic carbocycles. The fourth-order valence-corrected chi connectivity index (χ4v) is 4.68. The minimum Gasteiger partial charge on any atom is -0.497 e. The Morgan fingerprint density at radius 3 is 2.30 bits per heavy atom. The maximum Gasteiger partial charge on any atom is 0.251 e. The fourth-order valence-electron chi connectivity index (χ4n) is 2.86. The molecule has 1 heterocycles. The van der Waals surface area contributed by atoms with Crippen LogP contribution in [0.15, 0.2) is 48.5 Å². The van der Waals surface area contributed by atoms with Gasteiger partial charge in [0.1, 0.15) is 5.75 Å². The molecule has 0 radical (unpaired) electrons. The number of sulfonamides is 1. The van der Waals surface area contributed by atoms with Crippen LogP contribution in [0.5, 0.6) is 5.75 Å². The van der Waals surface area contributed by atoms with E-state index in [2.05, 4.69) is 5.32 Å². The zero-order valence-electron chi connectivity index (χ0n) is 15.0. The van der Waals surface area contributed by atoms with E-state index < -0.39 is 21.8 Å². The molecule has 3 rings (SSSR count). The van der Waals surface area contributed by atoms with Crippen molar-refractivity contribution in [3.05, 3.63) is 59.7 Å². The lowest BCUT2D eigenvalue weighted by Crippen LogP contribution is -2.30. The number of anilines is 1. The second-order valence-corrected chi connectivity index (χ2v) is 8.22. The number of ether oxygens (including phenoxy) is 1. The molecule has 1 aliphatic rings. The second kappa shape index (κ2) is 7.40. The zero-order valence-corrected chi connectivity index (χ0v) is 15.8. The van der Waals surface area contributed by atoms with Crippen LogP contribution >= 0.6 is 0 Å². The van der Waals surface area contributed by atoms with Crippen molar-refractivity contribution in [2.45, 2.75) is 13.5 Å². The Morgan fingerprint density at radius 1 is 1.15 bits per heavy atom. The molecule has 1 saturated heterocycles. The molecule has 0 bridgehead atoms. The average Bonchev–Trinajstić information content (AvgIpc) is 2.87. The highest BCUT2D eigenvalue weighted by atomic mass is 32.2. The molecule has 2 aromatic rings. The summed E-state index contributed by atoms with van der Waals surface area (Å²) in [6.07, 6.45) is 0. The molecular weight excluding hydrogens is 368 g/mol. The molecule has 27 heavy (non-hydrogen) atoms. The van der Waals surface area contributed by atoms with Crippen LogP contribution in [0, 0.1) is 5.92 Å². The van der Waals surface area contributed by atoms with E-state index in [1.165, 1.54) is 24.3 Å². The van der Waals surface area contributed by atoms with Gasteiger partial charge >= 0.3 is 0 Å². The Morgan fingerprint density at radius 2 is 1.78 bits per heavy atom. The molecule has 142 valence electrons. The summed E-state index contributed by atoms with van der Waals surface area (Å²) >= 11 is 0. The molecule has 8 heteroatoms. The van der Waals surface area contributed by atoms with Gasteiger partial charge in [-0.05, 0) is 42.0 Å². The molecule has 0 saturated carbocycles. The molecule has 7 nitrogen and oxygen atoms in total. The van der Waals surface area contributed by atoms with Crippen molar-refractivity contribution >= 4 is 27.5 Å². The Labute approximate surface area is 158 Å². The van der Waals surface area contributed by atoms with Gasteiger partial charge < -0.3 is 10.1 Å². The van der Waals surface area contributed by atoms with E-state index in [0.29, 0.717) is 12.1 Å². The lowest BCUT2D eigenvalue weighted by molar-refractivity contribution is -0.119. The lowest BCUT2D eigenvalue weighted by Gasteiger charge is -2.15. The Hall–Kier alpha value is -2.87. The van der Waals surface area contributed by atoms with Crippen LogP contribution in [-0.4, -0.2) is 33.1 Å². The Balaban J connectivity index is 1.67. The summed E-state index contributed by atoms with van der Waals surface area (Å²) in [5.74, 6) is -0.771. The average molecular weight is 388 g/mol. The maximum absolute atomic E-state index is 12.3. The van der Waals surface area contributed by atoms with Gasteiger partial charge in [-0.2, -0.15) is 0 Å². The summed E-state index contributed by atoms with van der Waals surface area (Å²) in [5.41, 5.74) is 1.55. The summed E-state index contributed by atoms with van der Waals surface area (Å²) < 4.78 is 30.2. The number of methoxy groups -OCH3 is 1. The number of benzene rings is 2. The van der Waals surface area contributed by atoms with Crippen molar-refractivity contribution in [2.24, 2.45) is 5.92 Å². The molecule has 0 spiro atoms. The number of rotatable bonds is 5. The van der Waals surface area contributed by atoms with Gasteiger partial charge in [0.2, 0.25) is 15.9 Å². The normalized spacial score (nSPS) is 18.4. The first kappa shape index (κ1) is 18.9. The highest BCUT2D eigenvalue weighted by Gasteiger charge is 2.41. The van der Waals surface area contributed by atoms with Crippen molar-refractivity contribution in [3.8, 4) is 5.75 Å². The Kier molecular flexibility index (Phi) is 5.18. The van der Waals surface area contributed by atoms with Crippen molar-refractivity contribution in [1.82, 2.24) is 5.32 Å². The maximum atomic E-state index is 12.3. The predicted molar refractivity (Wildman–Crippen MR) is 101 cm³/mol. The third kappa shape index (κ3) is 3.95. The topological polar surface area (TPSA) is 92.8 Å². The number of nitrogens with one attached hydrogen (secondary N) is 1. The number of hydrogen-bond donors (Lipinski definition) is 1. The zero-order chi connectivity index (χ0) is 19.6. The van der Waals surface area contributed by atoms with E-state index in [9.17, 15) is 18.0 Å². The molecular formula is C19H20N2O5S. The van der Waals surface area contributed by atoms with Crippen LogP contribution in [0.25, 0.3) is 0 Å². The Bertz CT molecular complexity index is 953. The van der Waals surface area contributed by atoms with Crippen LogP contribution in [0.1, 0.15) is 22.8 Å². The molecule has 2 amide bonds. The first-order valence-corrected chi connectivity index (χ1v) is 10.0. The van der Waals surface area contributed by atoms with Gasteiger partial charge in [0.25, 0.3) is 5.91 Å². The van der Waals surface area contributed by atoms with Gasteiger partial charge in [-0.1, -0.05) is 19.1 Å². The molecule has 0 unspecified atom stereocenters. The van der Waals surface area contributed by atoms with Crippen molar-refractivity contribution in [2.75, 3.05) is 17.2 Å². The third-order valence-electron chi connectivity index (χ3n) is 4.34. The van der Waals surface area contributed by atoms with Gasteiger partial charge in [0.15, 0.2) is 0 Å². The van der Waals surface area contributed by atoms with E-state index in [-0.39, 0.29) is 17.3 Å². The number of hydrogen-bond acceptors (Lipinski definition) is 5. The number of amides is 2. The fraction of sp³-hybridized carbons (Fsp3) is 0.263. The van der Waals surface area contributed by atoms with Crippen molar-refractivity contribution in [1.29, 1.82) is 0 Å². The first-order valence-electron chi connectivity index (χ1n) is 8.40. The number of carbonyl (C=O) groups is 2. The van der Waals surface area contributed by atoms with Gasteiger partial charge in [0.05, 0.1) is 24.5 Å². The molecule has 0 aromatic heterocycles. The van der Waals surface area contributed by atoms with Gasteiger partial charge in [0, 0.05) is 12.1 Å². The van der Waals surface area contributed by atoms with Crippen LogP contribution < -0.4 is 14.4 Å². The van der Waals surface area contributed by atoms with E-state index in [4.69, 9.17) is 4.74 Å². The van der Waals surface area contributed by atoms with Crippen LogP contribution in [0.4, 0.5) is 5.69 Å². The molecule has 1 aliphatic heterocycles. The largest absolute Gasteiger partial charge is 0.497 e. The van der Waals surface area contributed by atoms with Gasteiger partial charge in [-0.15, -0.1) is 0 Å². The summed E-state index contributed by atoms with van der Waals surface area (Å²) in [6.45, 7) is 1.93. The molecule has 1 fully saturated rings. The van der Waals surface area contributed by atoms with Crippen molar-refractivity contribution < 1.29 is 22.7 Å². The highest BCUT2D eigenvalue weighted by Crippen LogP contribution is 2.28. The molecule has 1 atom stereocenters. The van der Waals surface area contributed by atoms with E-state index in [1.807, 2.05) is 24.3 Å². The van der Waals surface area contributed by atoms with Crippen LogP contribution in [0.3, 0.4) is 0 Å². The summed E-state index contributed by atoms with van der Waals surface area (Å²) in [7, 11) is -2.07. The summed E-state index contributed by atoms with van der Waals surface area (Å²) in [4.78, 5) is 24.4. The van der Waals surface area contributed by atoms with Crippen LogP contribution in [0.2, 0.25) is 0 Å². The molecule has 1 N–H and O–H groups in total. The molecule has 0 aliphatic carbocycles.